The number of rotatable bonds is 6. The molecule has 5 heterocycles. The van der Waals surface area contributed by atoms with E-state index in [1.165, 1.54) is 12.4 Å². The summed E-state index contributed by atoms with van der Waals surface area (Å²) in [7, 11) is 3.55. The maximum Gasteiger partial charge on any atom is 0.277 e. The van der Waals surface area contributed by atoms with Crippen LogP contribution in [0.25, 0.3) is 16.7 Å². The summed E-state index contributed by atoms with van der Waals surface area (Å²) in [4.78, 5) is 31.0. The van der Waals surface area contributed by atoms with E-state index in [9.17, 15) is 4.79 Å². The quantitative estimate of drug-likeness (QED) is 0.338. The zero-order valence-corrected chi connectivity index (χ0v) is 22.1. The molecule has 12 nitrogen and oxygen atoms in total. The molecule has 0 aliphatic rings. The molecule has 0 saturated heterocycles. The van der Waals surface area contributed by atoms with Gasteiger partial charge in [-0.3, -0.25) is 9.36 Å². The first kappa shape index (κ1) is 24.5. The maximum atomic E-state index is 13.2. The normalized spacial score (nSPS) is 11.9. The number of fused-ring (bicyclic) bond motifs is 2. The summed E-state index contributed by atoms with van der Waals surface area (Å²) in [6.07, 6.45) is 7.99. The van der Waals surface area contributed by atoms with Gasteiger partial charge >= 0.3 is 0 Å². The average molecular weight is 523 g/mol. The Labute approximate surface area is 217 Å². The molecule has 0 unspecified atom stereocenters. The third-order valence-electron chi connectivity index (χ3n) is 5.94. The van der Waals surface area contributed by atoms with Gasteiger partial charge in [-0.05, 0) is 6.92 Å². The van der Waals surface area contributed by atoms with Gasteiger partial charge in [-0.2, -0.15) is 10.1 Å². The second kappa shape index (κ2) is 9.04. The molecule has 0 fully saturated rings. The highest BCUT2D eigenvalue weighted by molar-refractivity contribution is 6.36. The molecular weight excluding hydrogens is 496 g/mol. The van der Waals surface area contributed by atoms with Crippen LogP contribution in [-0.4, -0.2) is 45.7 Å². The van der Waals surface area contributed by atoms with E-state index in [-0.39, 0.29) is 11.0 Å². The summed E-state index contributed by atoms with van der Waals surface area (Å²) in [6.45, 7) is 8.49. The van der Waals surface area contributed by atoms with Gasteiger partial charge in [0.05, 0.1) is 18.6 Å². The van der Waals surface area contributed by atoms with Crippen molar-refractivity contribution in [3.63, 3.8) is 0 Å². The van der Waals surface area contributed by atoms with Gasteiger partial charge in [0.15, 0.2) is 28.5 Å². The molecule has 0 atom stereocenters. The van der Waals surface area contributed by atoms with Crippen molar-refractivity contribution < 1.29 is 4.74 Å². The Bertz CT molecular complexity index is 1700. The molecule has 0 aliphatic carbocycles. The fraction of sp³-hybridized carbons (Fsp3) is 0.333. The summed E-state index contributed by atoms with van der Waals surface area (Å²) in [5.74, 6) is 2.51. The van der Waals surface area contributed by atoms with Gasteiger partial charge in [0.25, 0.3) is 5.56 Å². The summed E-state index contributed by atoms with van der Waals surface area (Å²) in [5, 5.41) is 10.8. The fourth-order valence-corrected chi connectivity index (χ4v) is 4.48. The molecule has 0 saturated carbocycles. The molecule has 192 valence electrons. The van der Waals surface area contributed by atoms with Crippen LogP contribution in [0.4, 0.5) is 17.5 Å². The van der Waals surface area contributed by atoms with Crippen LogP contribution < -0.4 is 20.9 Å². The van der Waals surface area contributed by atoms with Crippen LogP contribution in [0.15, 0.2) is 35.8 Å². The summed E-state index contributed by atoms with van der Waals surface area (Å²) >= 11 is 6.76. The number of imidazole rings is 1. The van der Waals surface area contributed by atoms with Crippen molar-refractivity contribution in [2.45, 2.75) is 39.7 Å². The van der Waals surface area contributed by atoms with Crippen molar-refractivity contribution in [3.8, 4) is 11.5 Å². The van der Waals surface area contributed by atoms with E-state index in [1.807, 2.05) is 27.7 Å². The monoisotopic (exact) mass is 522 g/mol. The highest BCUT2D eigenvalue weighted by Crippen LogP contribution is 2.37. The second-order valence-electron chi connectivity index (χ2n) is 9.45. The van der Waals surface area contributed by atoms with Crippen molar-refractivity contribution in [3.05, 3.63) is 52.2 Å². The predicted octanol–water partition coefficient (Wildman–Crippen LogP) is 4.12. The van der Waals surface area contributed by atoms with E-state index >= 15 is 0 Å². The van der Waals surface area contributed by atoms with E-state index in [0.717, 1.165) is 0 Å². The second-order valence-corrected chi connectivity index (χ2v) is 9.83. The Morgan fingerprint density at radius 3 is 2.57 bits per heavy atom. The molecule has 5 aromatic rings. The molecule has 0 aromatic carbocycles. The number of ether oxygens (including phenoxy) is 1. The largest absolute Gasteiger partial charge is 0.450 e. The Morgan fingerprint density at radius 1 is 1.08 bits per heavy atom. The number of aryl methyl sites for hydroxylation is 1. The molecule has 0 amide bonds. The maximum absolute atomic E-state index is 13.2. The first-order valence-electron chi connectivity index (χ1n) is 11.7. The van der Waals surface area contributed by atoms with Gasteiger partial charge in [0.2, 0.25) is 5.95 Å². The van der Waals surface area contributed by atoms with E-state index < -0.39 is 0 Å². The molecule has 5 rings (SSSR count). The molecule has 0 spiro atoms. The number of hydrogen-bond acceptors (Lipinski definition) is 9. The van der Waals surface area contributed by atoms with Gasteiger partial charge in [-0.15, -0.1) is 0 Å². The number of anilines is 3. The first-order chi connectivity index (χ1) is 17.6. The van der Waals surface area contributed by atoms with Crippen LogP contribution in [0, 0.1) is 0 Å². The van der Waals surface area contributed by atoms with Crippen LogP contribution in [0.3, 0.4) is 0 Å². The zero-order chi connectivity index (χ0) is 26.5. The third kappa shape index (κ3) is 4.12. The lowest BCUT2D eigenvalue weighted by Crippen LogP contribution is -2.32. The molecule has 0 aliphatic heterocycles. The molecule has 13 heteroatoms. The van der Waals surface area contributed by atoms with Gasteiger partial charge in [-0.1, -0.05) is 32.4 Å². The summed E-state index contributed by atoms with van der Waals surface area (Å²) in [5.41, 5.74) is 1.45. The van der Waals surface area contributed by atoms with Crippen molar-refractivity contribution in [1.82, 2.24) is 38.7 Å². The molecule has 0 radical (unpaired) electrons. The van der Waals surface area contributed by atoms with Crippen molar-refractivity contribution in [2.24, 2.45) is 7.05 Å². The van der Waals surface area contributed by atoms with Crippen LogP contribution in [0.5, 0.6) is 11.5 Å². The molecule has 0 bridgehead atoms. The Balaban J connectivity index is 1.53. The molecule has 2 N–H and O–H groups in total. The van der Waals surface area contributed by atoms with E-state index in [4.69, 9.17) is 16.3 Å². The first-order valence-corrected chi connectivity index (χ1v) is 12.1. The standard InChI is InChI=1S/C24H27ClN10O2/c1-7-34-21(36)13(10-29-22(34)24(2,3)4)31-23-32-20-18(33(23)6)16(25)14(11-28-20)37-15-12-30-35-9-8-27-19(26-5)17(15)35/h8-12H,7H2,1-6H3,(H,26,27)(H,28,31,32). The van der Waals surface area contributed by atoms with Crippen LogP contribution in [0.2, 0.25) is 5.02 Å². The van der Waals surface area contributed by atoms with Gasteiger partial charge < -0.3 is 19.9 Å². The molecule has 5 aromatic heterocycles. The third-order valence-corrected chi connectivity index (χ3v) is 6.31. The lowest BCUT2D eigenvalue weighted by atomic mass is 9.95. The average Bonchev–Trinajstić information content (AvgIpc) is 3.42. The van der Waals surface area contributed by atoms with Gasteiger partial charge in [0.1, 0.15) is 22.1 Å². The summed E-state index contributed by atoms with van der Waals surface area (Å²) < 4.78 is 11.1. The lowest BCUT2D eigenvalue weighted by Gasteiger charge is -2.22. The van der Waals surface area contributed by atoms with E-state index in [2.05, 4.69) is 35.7 Å². The van der Waals surface area contributed by atoms with Crippen molar-refractivity contribution >= 4 is 45.7 Å². The SMILES string of the molecule is CCn1c(C(C)(C)C)ncc(Nc2nc3ncc(Oc4cnn5ccnc(NC)c45)c(Cl)c3n2C)c1=O. The fourth-order valence-electron chi connectivity index (χ4n) is 4.18. The smallest absolute Gasteiger partial charge is 0.277 e. The van der Waals surface area contributed by atoms with Crippen LogP contribution in [-0.2, 0) is 19.0 Å². The number of nitrogens with zero attached hydrogens (tertiary/aromatic N) is 8. The Hall–Kier alpha value is -4.19. The van der Waals surface area contributed by atoms with Gasteiger partial charge in [-0.25, -0.2) is 19.5 Å². The number of aromatic nitrogens is 8. The number of nitrogens with one attached hydrogen (secondary N) is 2. The topological polar surface area (TPSA) is 129 Å². The van der Waals surface area contributed by atoms with Crippen LogP contribution in [0.1, 0.15) is 33.5 Å². The molecule has 37 heavy (non-hydrogen) atoms. The molecular formula is C24H27ClN10O2. The highest BCUT2D eigenvalue weighted by Gasteiger charge is 2.23. The van der Waals surface area contributed by atoms with E-state index in [0.29, 0.717) is 63.0 Å². The minimum atomic E-state index is -0.273. The number of pyridine rings is 1. The highest BCUT2D eigenvalue weighted by atomic mass is 35.5. The van der Waals surface area contributed by atoms with Crippen molar-refractivity contribution in [2.75, 3.05) is 17.7 Å². The van der Waals surface area contributed by atoms with Crippen LogP contribution >= 0.6 is 11.6 Å². The Kier molecular flexibility index (Phi) is 5.98. The Morgan fingerprint density at radius 2 is 1.86 bits per heavy atom. The van der Waals surface area contributed by atoms with E-state index in [1.54, 1.807) is 46.3 Å². The minimum Gasteiger partial charge on any atom is -0.450 e. The lowest BCUT2D eigenvalue weighted by molar-refractivity contribution is 0.486. The minimum absolute atomic E-state index is 0.181. The number of hydrogen-bond donors (Lipinski definition) is 2. The van der Waals surface area contributed by atoms with Gasteiger partial charge in [0, 0.05) is 38.4 Å². The summed E-state index contributed by atoms with van der Waals surface area (Å²) in [6, 6.07) is 0. The zero-order valence-electron chi connectivity index (χ0n) is 21.4. The predicted molar refractivity (Wildman–Crippen MR) is 142 cm³/mol. The van der Waals surface area contributed by atoms with Crippen molar-refractivity contribution in [1.29, 1.82) is 0 Å². The number of halogens is 1.